The van der Waals surface area contributed by atoms with Crippen molar-refractivity contribution in [2.75, 3.05) is 0 Å². The summed E-state index contributed by atoms with van der Waals surface area (Å²) in [6, 6.07) is 9.80. The number of para-hydroxylation sites is 1. The van der Waals surface area contributed by atoms with Gasteiger partial charge in [0, 0.05) is 0 Å². The Bertz CT molecular complexity index is 553. The summed E-state index contributed by atoms with van der Waals surface area (Å²) in [4.78, 5) is 4.30. The number of nitrogens with zero attached hydrogens (tertiary/aromatic N) is 3. The SMILES string of the molecule is N/C([Se])=N/N=Cc1cccc2cccnc12. The monoisotopic (exact) mass is 277 g/mol. The van der Waals surface area contributed by atoms with Crippen molar-refractivity contribution < 1.29 is 0 Å². The summed E-state index contributed by atoms with van der Waals surface area (Å²) in [6.07, 6.45) is 3.39. The quantitative estimate of drug-likeness (QED) is 0.386. The zero-order chi connectivity index (χ0) is 11.4. The Morgan fingerprint density at radius 3 is 2.94 bits per heavy atom. The van der Waals surface area contributed by atoms with Gasteiger partial charge in [-0.15, -0.1) is 0 Å². The zero-order valence-electron chi connectivity index (χ0n) is 8.37. The molecular weight excluding hydrogens is 267 g/mol. The summed E-state index contributed by atoms with van der Waals surface area (Å²) >= 11 is 2.56. The van der Waals surface area contributed by atoms with Crippen LogP contribution in [0.15, 0.2) is 46.7 Å². The van der Waals surface area contributed by atoms with E-state index in [9.17, 15) is 0 Å². The van der Waals surface area contributed by atoms with Crippen LogP contribution in [0.5, 0.6) is 0 Å². The first-order valence-corrected chi connectivity index (χ1v) is 5.50. The van der Waals surface area contributed by atoms with E-state index in [1.165, 1.54) is 0 Å². The van der Waals surface area contributed by atoms with Crippen LogP contribution in [0.1, 0.15) is 5.56 Å². The molecule has 0 spiro atoms. The molecule has 0 aliphatic rings. The van der Waals surface area contributed by atoms with Crippen molar-refractivity contribution in [2.24, 2.45) is 15.9 Å². The van der Waals surface area contributed by atoms with E-state index in [4.69, 9.17) is 5.73 Å². The van der Waals surface area contributed by atoms with Gasteiger partial charge >= 0.3 is 101 Å². The van der Waals surface area contributed by atoms with Gasteiger partial charge in [-0.2, -0.15) is 0 Å². The molecule has 2 N–H and O–H groups in total. The van der Waals surface area contributed by atoms with Crippen LogP contribution < -0.4 is 5.73 Å². The number of hydrogen-bond acceptors (Lipinski definition) is 3. The van der Waals surface area contributed by atoms with Crippen molar-refractivity contribution in [1.29, 1.82) is 0 Å². The van der Waals surface area contributed by atoms with Gasteiger partial charge in [-0.25, -0.2) is 0 Å². The van der Waals surface area contributed by atoms with Crippen molar-refractivity contribution in [3.05, 3.63) is 42.1 Å². The van der Waals surface area contributed by atoms with Gasteiger partial charge < -0.3 is 0 Å². The van der Waals surface area contributed by atoms with E-state index in [0.717, 1.165) is 16.5 Å². The fraction of sp³-hybridized carbons (Fsp3) is 0. The number of amidine groups is 1. The first-order valence-electron chi connectivity index (χ1n) is 4.64. The van der Waals surface area contributed by atoms with Crippen LogP contribution in [0.25, 0.3) is 10.9 Å². The number of hydrogen-bond donors (Lipinski definition) is 1. The second-order valence-corrected chi connectivity index (χ2v) is 3.98. The molecule has 0 aliphatic heterocycles. The Hall–Kier alpha value is -1.71. The number of fused-ring (bicyclic) bond motifs is 1. The Labute approximate surface area is 101 Å². The third kappa shape index (κ3) is 2.45. The van der Waals surface area contributed by atoms with Crippen molar-refractivity contribution in [1.82, 2.24) is 4.98 Å². The fourth-order valence-corrected chi connectivity index (χ4v) is 1.48. The number of aromatic nitrogens is 1. The molecule has 0 bridgehead atoms. The van der Waals surface area contributed by atoms with Gasteiger partial charge in [-0.05, 0) is 0 Å². The second kappa shape index (κ2) is 4.88. The van der Waals surface area contributed by atoms with Crippen LogP contribution in [-0.2, 0) is 0 Å². The molecule has 0 fully saturated rings. The predicted octanol–water partition coefficient (Wildman–Crippen LogP) is 1.05. The van der Waals surface area contributed by atoms with E-state index in [-0.39, 0.29) is 0 Å². The molecule has 0 atom stereocenters. The van der Waals surface area contributed by atoms with Gasteiger partial charge in [-0.1, -0.05) is 0 Å². The number of nitrogens with two attached hydrogens (primary N) is 1. The number of rotatable bonds is 2. The molecule has 1 heterocycles. The van der Waals surface area contributed by atoms with Gasteiger partial charge in [0.2, 0.25) is 0 Å². The van der Waals surface area contributed by atoms with E-state index in [1.54, 1.807) is 12.4 Å². The topological polar surface area (TPSA) is 63.6 Å². The van der Waals surface area contributed by atoms with E-state index in [1.807, 2.05) is 30.3 Å². The molecule has 2 aromatic rings. The van der Waals surface area contributed by atoms with Crippen LogP contribution in [0.4, 0.5) is 0 Å². The van der Waals surface area contributed by atoms with Gasteiger partial charge in [0.1, 0.15) is 0 Å². The minimum absolute atomic E-state index is 0.310. The van der Waals surface area contributed by atoms with E-state index in [0.29, 0.717) is 4.73 Å². The third-order valence-corrected chi connectivity index (χ3v) is 2.19. The van der Waals surface area contributed by atoms with Crippen LogP contribution in [0.3, 0.4) is 0 Å². The summed E-state index contributed by atoms with van der Waals surface area (Å²) in [5, 5.41) is 8.64. The van der Waals surface area contributed by atoms with Crippen molar-refractivity contribution in [3.63, 3.8) is 0 Å². The van der Waals surface area contributed by atoms with Gasteiger partial charge in [0.05, 0.1) is 0 Å². The number of pyridine rings is 1. The molecule has 0 unspecified atom stereocenters. The van der Waals surface area contributed by atoms with Crippen molar-refractivity contribution in [2.45, 2.75) is 0 Å². The zero-order valence-corrected chi connectivity index (χ0v) is 10.1. The van der Waals surface area contributed by atoms with Crippen LogP contribution >= 0.6 is 0 Å². The first kappa shape index (κ1) is 10.8. The third-order valence-electron chi connectivity index (χ3n) is 2.02. The Balaban J connectivity index is 2.45. The second-order valence-electron chi connectivity index (χ2n) is 3.11. The molecule has 16 heavy (non-hydrogen) atoms. The molecule has 4 nitrogen and oxygen atoms in total. The maximum absolute atomic E-state index is 5.33. The summed E-state index contributed by atoms with van der Waals surface area (Å²) in [5.74, 6) is 0. The predicted molar refractivity (Wildman–Crippen MR) is 66.7 cm³/mol. The minimum atomic E-state index is 0.310. The Morgan fingerprint density at radius 2 is 2.12 bits per heavy atom. The summed E-state index contributed by atoms with van der Waals surface area (Å²) in [5.41, 5.74) is 7.16. The molecule has 0 saturated heterocycles. The van der Waals surface area contributed by atoms with Gasteiger partial charge in [0.25, 0.3) is 0 Å². The fourth-order valence-electron chi connectivity index (χ4n) is 1.38. The van der Waals surface area contributed by atoms with E-state index >= 15 is 0 Å². The molecular formula is C11H9N4Se. The normalized spacial score (nSPS) is 12.4. The van der Waals surface area contributed by atoms with Crippen LogP contribution in [0.2, 0.25) is 0 Å². The first-order chi connectivity index (χ1) is 7.77. The molecule has 0 saturated carbocycles. The Kier molecular flexibility index (Phi) is 3.29. The van der Waals surface area contributed by atoms with Crippen molar-refractivity contribution in [3.8, 4) is 0 Å². The molecule has 79 valence electrons. The molecule has 0 aliphatic carbocycles. The molecule has 1 radical (unpaired) electrons. The van der Waals surface area contributed by atoms with Crippen LogP contribution in [0, 0.1) is 0 Å². The molecule has 1 aromatic carbocycles. The van der Waals surface area contributed by atoms with E-state index in [2.05, 4.69) is 31.2 Å². The maximum atomic E-state index is 5.33. The molecule has 2 rings (SSSR count). The summed E-state index contributed by atoms with van der Waals surface area (Å²) in [6.45, 7) is 0. The van der Waals surface area contributed by atoms with Crippen molar-refractivity contribution >= 4 is 37.9 Å². The average molecular weight is 276 g/mol. The average Bonchev–Trinajstić information content (AvgIpc) is 2.29. The summed E-state index contributed by atoms with van der Waals surface area (Å²) in [7, 11) is 0. The Morgan fingerprint density at radius 1 is 1.31 bits per heavy atom. The van der Waals surface area contributed by atoms with Crippen LogP contribution in [-0.4, -0.2) is 31.9 Å². The molecule has 5 heteroatoms. The molecule has 0 amide bonds. The summed E-state index contributed by atoms with van der Waals surface area (Å²) < 4.78 is 0.310. The standard InChI is InChI=1S/C11H9N4Se/c12-11(16)15-14-7-9-4-1-3-8-5-2-6-13-10(8)9/h1-7H,(H2,12,15). The van der Waals surface area contributed by atoms with Gasteiger partial charge in [-0.3, -0.25) is 0 Å². The van der Waals surface area contributed by atoms with Gasteiger partial charge in [0.15, 0.2) is 0 Å². The number of benzene rings is 1. The van der Waals surface area contributed by atoms with E-state index < -0.39 is 0 Å². The molecule has 1 aromatic heterocycles.